The number of rotatable bonds is 5. The summed E-state index contributed by atoms with van der Waals surface area (Å²) >= 11 is 0. The van der Waals surface area contributed by atoms with E-state index in [1.807, 2.05) is 6.07 Å². The van der Waals surface area contributed by atoms with Gasteiger partial charge in [-0.1, -0.05) is 48.5 Å². The number of fused-ring (bicyclic) bond motifs is 1. The Labute approximate surface area is 219 Å². The lowest BCUT2D eigenvalue weighted by molar-refractivity contribution is -0.139. The van der Waals surface area contributed by atoms with E-state index in [1.165, 1.54) is 10.4 Å². The first kappa shape index (κ1) is 25.9. The van der Waals surface area contributed by atoms with Crippen LogP contribution in [0.15, 0.2) is 78.9 Å². The molecule has 3 aromatic carbocycles. The highest BCUT2D eigenvalue weighted by Crippen LogP contribution is 2.36. The van der Waals surface area contributed by atoms with E-state index < -0.39 is 27.9 Å². The summed E-state index contributed by atoms with van der Waals surface area (Å²) < 4.78 is 73.4. The predicted octanol–water partition coefficient (Wildman–Crippen LogP) is 4.15. The van der Waals surface area contributed by atoms with Crippen molar-refractivity contribution in [1.29, 1.82) is 0 Å². The fourth-order valence-electron chi connectivity index (χ4n) is 4.72. The number of anilines is 2. The molecule has 38 heavy (non-hydrogen) atoms. The average Bonchev–Trinajstić information content (AvgIpc) is 2.92. The second-order valence-electron chi connectivity index (χ2n) is 9.21. The van der Waals surface area contributed by atoms with Crippen molar-refractivity contribution in [3.63, 3.8) is 0 Å². The molecular formula is C27H26F3N3O4S. The van der Waals surface area contributed by atoms with Gasteiger partial charge in [0.25, 0.3) is 5.91 Å². The molecule has 0 aliphatic carbocycles. The Morgan fingerprint density at radius 2 is 1.58 bits per heavy atom. The quantitative estimate of drug-likeness (QED) is 0.482. The van der Waals surface area contributed by atoms with Crippen LogP contribution in [0, 0.1) is 0 Å². The summed E-state index contributed by atoms with van der Waals surface area (Å²) in [7, 11) is -3.83. The summed E-state index contributed by atoms with van der Waals surface area (Å²) in [5.41, 5.74) is 0.722. The van der Waals surface area contributed by atoms with Crippen LogP contribution in [0.5, 0.6) is 5.75 Å². The van der Waals surface area contributed by atoms with Gasteiger partial charge in [0.05, 0.1) is 23.5 Å². The van der Waals surface area contributed by atoms with Gasteiger partial charge < -0.3 is 14.5 Å². The fourth-order valence-corrected chi connectivity index (χ4v) is 6.31. The maximum Gasteiger partial charge on any atom is 0.416 e. The molecule has 0 aromatic heterocycles. The van der Waals surface area contributed by atoms with Gasteiger partial charge in [-0.3, -0.25) is 9.10 Å². The summed E-state index contributed by atoms with van der Waals surface area (Å²) in [4.78, 5) is 16.8. The van der Waals surface area contributed by atoms with Gasteiger partial charge in [0.2, 0.25) is 10.0 Å². The van der Waals surface area contributed by atoms with Gasteiger partial charge in [-0.25, -0.2) is 8.42 Å². The average molecular weight is 546 g/mol. The number of nitrogens with zero attached hydrogens (tertiary/aromatic N) is 3. The molecule has 1 fully saturated rings. The molecule has 0 N–H and O–H groups in total. The minimum Gasteiger partial charge on any atom is -0.476 e. The maximum atomic E-state index is 13.4. The summed E-state index contributed by atoms with van der Waals surface area (Å²) in [6, 6.07) is 20.6. The second kappa shape index (κ2) is 10.2. The summed E-state index contributed by atoms with van der Waals surface area (Å²) in [6.45, 7) is 1.05. The number of hydrogen-bond acceptors (Lipinski definition) is 5. The van der Waals surface area contributed by atoms with Gasteiger partial charge in [0.15, 0.2) is 6.10 Å². The Balaban J connectivity index is 1.30. The van der Waals surface area contributed by atoms with Crippen molar-refractivity contribution in [3.8, 4) is 5.75 Å². The molecule has 200 valence electrons. The lowest BCUT2D eigenvalue weighted by atomic mass is 10.1. The van der Waals surface area contributed by atoms with Crippen LogP contribution in [0.25, 0.3) is 0 Å². The number of ether oxygens (including phenoxy) is 1. The molecule has 7 nitrogen and oxygen atoms in total. The minimum absolute atomic E-state index is 0.168. The third-order valence-corrected chi connectivity index (χ3v) is 8.38. The van der Waals surface area contributed by atoms with Crippen molar-refractivity contribution in [2.24, 2.45) is 0 Å². The Morgan fingerprint density at radius 1 is 0.895 bits per heavy atom. The Morgan fingerprint density at radius 3 is 2.29 bits per heavy atom. The molecule has 0 spiro atoms. The van der Waals surface area contributed by atoms with E-state index in [-0.39, 0.29) is 31.3 Å². The first-order valence-corrected chi connectivity index (χ1v) is 13.7. The van der Waals surface area contributed by atoms with E-state index in [1.54, 1.807) is 64.4 Å². The Kier molecular flexibility index (Phi) is 6.95. The number of sulfonamides is 1. The minimum atomic E-state index is -4.44. The van der Waals surface area contributed by atoms with Gasteiger partial charge in [0, 0.05) is 31.9 Å². The topological polar surface area (TPSA) is 70.2 Å². The Bertz CT molecular complexity index is 1410. The normalized spacial score (nSPS) is 18.1. The number of para-hydroxylation sites is 2. The van der Waals surface area contributed by atoms with E-state index >= 15 is 0 Å². The molecule has 11 heteroatoms. The van der Waals surface area contributed by atoms with Gasteiger partial charge in [-0.2, -0.15) is 13.2 Å². The van der Waals surface area contributed by atoms with Crippen molar-refractivity contribution in [2.75, 3.05) is 41.9 Å². The summed E-state index contributed by atoms with van der Waals surface area (Å²) in [5, 5.41) is 0. The monoisotopic (exact) mass is 545 g/mol. The van der Waals surface area contributed by atoms with Crippen LogP contribution in [0.1, 0.15) is 11.1 Å². The number of amides is 1. The van der Waals surface area contributed by atoms with Crippen LogP contribution in [0.4, 0.5) is 24.5 Å². The maximum absolute atomic E-state index is 13.4. The number of carbonyl (C=O) groups excluding carboxylic acids is 1. The highest BCUT2D eigenvalue weighted by atomic mass is 32.2. The fraction of sp³-hybridized carbons (Fsp3) is 0.296. The van der Waals surface area contributed by atoms with Crippen molar-refractivity contribution < 1.29 is 31.1 Å². The van der Waals surface area contributed by atoms with Gasteiger partial charge in [0.1, 0.15) is 5.75 Å². The molecular weight excluding hydrogens is 519 g/mol. The molecule has 0 radical (unpaired) electrons. The second-order valence-corrected chi connectivity index (χ2v) is 11.1. The Hall–Kier alpha value is -3.73. The zero-order chi connectivity index (χ0) is 26.9. The molecule has 0 saturated carbocycles. The molecule has 0 unspecified atom stereocenters. The molecule has 2 heterocycles. The summed E-state index contributed by atoms with van der Waals surface area (Å²) in [6.07, 6.45) is -5.48. The predicted molar refractivity (Wildman–Crippen MR) is 138 cm³/mol. The van der Waals surface area contributed by atoms with Crippen LogP contribution in [-0.2, 0) is 26.7 Å². The SMILES string of the molecule is O=C([C@H]1CN(S(=O)(=O)Cc2ccccc2)c2ccccc2O1)N1CCN(c2cccc(C(F)(F)F)c2)CC1. The number of piperazine rings is 1. The smallest absolute Gasteiger partial charge is 0.416 e. The van der Waals surface area contributed by atoms with Gasteiger partial charge >= 0.3 is 6.18 Å². The molecule has 5 rings (SSSR count). The molecule has 1 saturated heterocycles. The first-order valence-electron chi connectivity index (χ1n) is 12.1. The van der Waals surface area contributed by atoms with E-state index in [4.69, 9.17) is 4.74 Å². The van der Waals surface area contributed by atoms with Gasteiger partial charge in [-0.05, 0) is 35.9 Å². The zero-order valence-corrected chi connectivity index (χ0v) is 21.2. The highest BCUT2D eigenvalue weighted by Gasteiger charge is 2.39. The third-order valence-electron chi connectivity index (χ3n) is 6.67. The summed E-state index contributed by atoms with van der Waals surface area (Å²) in [5.74, 6) is -0.280. The van der Waals surface area contributed by atoms with Crippen LogP contribution in [-0.4, -0.2) is 58.1 Å². The van der Waals surface area contributed by atoms with Crippen molar-refractivity contribution in [3.05, 3.63) is 90.0 Å². The first-order chi connectivity index (χ1) is 18.1. The van der Waals surface area contributed by atoms with Crippen LogP contribution >= 0.6 is 0 Å². The standard InChI is InChI=1S/C27H26F3N3O4S/c28-27(29,30)21-9-6-10-22(17-21)31-13-15-32(16-14-31)26(34)25-18-33(23-11-4-5-12-24(23)37-25)38(35,36)19-20-7-2-1-3-8-20/h1-12,17,25H,13-16,18-19H2/t25-/m1/s1. The van der Waals surface area contributed by atoms with Crippen molar-refractivity contribution >= 4 is 27.3 Å². The van der Waals surface area contributed by atoms with Crippen LogP contribution in [0.3, 0.4) is 0 Å². The lowest BCUT2D eigenvalue weighted by Crippen LogP contribution is -2.56. The van der Waals surface area contributed by atoms with Crippen molar-refractivity contribution in [2.45, 2.75) is 18.0 Å². The lowest BCUT2D eigenvalue weighted by Gasteiger charge is -2.40. The third kappa shape index (κ3) is 5.42. The number of halogens is 3. The van der Waals surface area contributed by atoms with Crippen LogP contribution < -0.4 is 13.9 Å². The number of hydrogen-bond donors (Lipinski definition) is 0. The number of alkyl halides is 3. The van der Waals surface area contributed by atoms with Crippen molar-refractivity contribution in [1.82, 2.24) is 4.90 Å². The zero-order valence-electron chi connectivity index (χ0n) is 20.3. The molecule has 2 aliphatic rings. The van der Waals surface area contributed by atoms with Gasteiger partial charge in [-0.15, -0.1) is 0 Å². The number of benzene rings is 3. The highest BCUT2D eigenvalue weighted by molar-refractivity contribution is 7.92. The molecule has 3 aromatic rings. The molecule has 1 atom stereocenters. The van der Waals surface area contributed by atoms with Crippen LogP contribution in [0.2, 0.25) is 0 Å². The number of carbonyl (C=O) groups is 1. The largest absolute Gasteiger partial charge is 0.476 e. The van der Waals surface area contributed by atoms with E-state index in [0.717, 1.165) is 12.1 Å². The molecule has 0 bridgehead atoms. The van der Waals surface area contributed by atoms with E-state index in [2.05, 4.69) is 0 Å². The van der Waals surface area contributed by atoms with E-state index in [9.17, 15) is 26.4 Å². The molecule has 1 amide bonds. The molecule has 2 aliphatic heterocycles. The van der Waals surface area contributed by atoms with E-state index in [0.29, 0.717) is 35.8 Å².